The molecule has 1 N–H and O–H groups in total. The first-order valence-corrected chi connectivity index (χ1v) is 9.34. The summed E-state index contributed by atoms with van der Waals surface area (Å²) in [7, 11) is 0. The number of anilines is 1. The molecule has 6 heteroatoms. The molecule has 0 aliphatic carbocycles. The first kappa shape index (κ1) is 17.4. The summed E-state index contributed by atoms with van der Waals surface area (Å²) < 4.78 is 1.79. The molecule has 1 fully saturated rings. The van der Waals surface area contributed by atoms with E-state index in [0.29, 0.717) is 6.54 Å². The van der Waals surface area contributed by atoms with Crippen molar-refractivity contribution in [3.8, 4) is 5.69 Å². The standard InChI is InChI=1S/C21H23N5O/c27-21(24-17-8-10-19(11-9-17)26-15-5-13-23-26)20-7-2-4-14-25(20)16-18-6-1-3-12-22-18/h1,3,5-6,8-13,15,20H,2,4,7,14,16H2,(H,24,27)/t20-/m1/s1. The molecule has 27 heavy (non-hydrogen) atoms. The summed E-state index contributed by atoms with van der Waals surface area (Å²) in [5, 5.41) is 7.29. The molecule has 1 saturated heterocycles. The van der Waals surface area contributed by atoms with E-state index in [-0.39, 0.29) is 11.9 Å². The molecule has 4 rings (SSSR count). The third kappa shape index (κ3) is 4.23. The SMILES string of the molecule is O=C(Nc1ccc(-n2cccn2)cc1)[C@H]1CCCCN1Cc1ccccn1. The van der Waals surface area contributed by atoms with Crippen LogP contribution >= 0.6 is 0 Å². The van der Waals surface area contributed by atoms with Crippen LogP contribution in [-0.2, 0) is 11.3 Å². The zero-order valence-electron chi connectivity index (χ0n) is 15.2. The smallest absolute Gasteiger partial charge is 0.241 e. The van der Waals surface area contributed by atoms with Gasteiger partial charge in [0, 0.05) is 30.8 Å². The minimum absolute atomic E-state index is 0.0532. The van der Waals surface area contributed by atoms with Crippen LogP contribution in [0.5, 0.6) is 0 Å². The number of carbonyl (C=O) groups is 1. The third-order valence-corrected chi connectivity index (χ3v) is 4.91. The highest BCUT2D eigenvalue weighted by Crippen LogP contribution is 2.21. The van der Waals surface area contributed by atoms with E-state index in [0.717, 1.165) is 42.9 Å². The number of nitrogens with one attached hydrogen (secondary N) is 1. The fourth-order valence-corrected chi connectivity index (χ4v) is 3.52. The van der Waals surface area contributed by atoms with E-state index >= 15 is 0 Å². The third-order valence-electron chi connectivity index (χ3n) is 4.91. The Labute approximate surface area is 158 Å². The number of nitrogens with zero attached hydrogens (tertiary/aromatic N) is 4. The fraction of sp³-hybridized carbons (Fsp3) is 0.286. The van der Waals surface area contributed by atoms with Gasteiger partial charge in [-0.2, -0.15) is 5.10 Å². The van der Waals surface area contributed by atoms with Gasteiger partial charge in [0.25, 0.3) is 0 Å². The summed E-state index contributed by atoms with van der Waals surface area (Å²) >= 11 is 0. The first-order valence-electron chi connectivity index (χ1n) is 9.34. The predicted molar refractivity (Wildman–Crippen MR) is 104 cm³/mol. The minimum atomic E-state index is -0.119. The quantitative estimate of drug-likeness (QED) is 0.758. The maximum Gasteiger partial charge on any atom is 0.241 e. The van der Waals surface area contributed by atoms with Crippen molar-refractivity contribution in [1.82, 2.24) is 19.7 Å². The van der Waals surface area contributed by atoms with E-state index in [2.05, 4.69) is 20.3 Å². The summed E-state index contributed by atoms with van der Waals surface area (Å²) in [4.78, 5) is 19.5. The molecule has 1 amide bonds. The van der Waals surface area contributed by atoms with E-state index in [1.807, 2.05) is 54.7 Å². The number of likely N-dealkylation sites (tertiary alicyclic amines) is 1. The van der Waals surface area contributed by atoms with Gasteiger partial charge in [-0.3, -0.25) is 14.7 Å². The van der Waals surface area contributed by atoms with Crippen LogP contribution in [0.3, 0.4) is 0 Å². The number of pyridine rings is 1. The van der Waals surface area contributed by atoms with Crippen molar-refractivity contribution >= 4 is 11.6 Å². The molecule has 138 valence electrons. The van der Waals surface area contributed by atoms with Crippen LogP contribution in [0.1, 0.15) is 25.0 Å². The van der Waals surface area contributed by atoms with Crippen LogP contribution in [0.25, 0.3) is 5.69 Å². The first-order chi connectivity index (χ1) is 13.3. The Hall–Kier alpha value is -2.99. The van der Waals surface area contributed by atoms with Gasteiger partial charge in [0.15, 0.2) is 0 Å². The number of carbonyl (C=O) groups excluding carboxylic acids is 1. The zero-order valence-corrected chi connectivity index (χ0v) is 15.2. The molecule has 1 aromatic carbocycles. The van der Waals surface area contributed by atoms with Crippen LogP contribution in [0.15, 0.2) is 67.1 Å². The molecule has 0 radical (unpaired) electrons. The van der Waals surface area contributed by atoms with Crippen LogP contribution in [0.4, 0.5) is 5.69 Å². The number of benzene rings is 1. The molecular weight excluding hydrogens is 338 g/mol. The molecule has 6 nitrogen and oxygen atoms in total. The lowest BCUT2D eigenvalue weighted by atomic mass is 10.0. The molecule has 0 unspecified atom stereocenters. The van der Waals surface area contributed by atoms with E-state index in [1.165, 1.54) is 0 Å². The molecule has 2 aromatic heterocycles. The molecule has 3 heterocycles. The molecule has 1 aliphatic heterocycles. The molecule has 3 aromatic rings. The lowest BCUT2D eigenvalue weighted by molar-refractivity contribution is -0.122. The topological polar surface area (TPSA) is 63.1 Å². The molecule has 0 bridgehead atoms. The largest absolute Gasteiger partial charge is 0.325 e. The Morgan fingerprint density at radius 2 is 1.96 bits per heavy atom. The Bertz CT molecular complexity index is 861. The van der Waals surface area contributed by atoms with Gasteiger partial charge in [0.1, 0.15) is 0 Å². The monoisotopic (exact) mass is 361 g/mol. The van der Waals surface area contributed by atoms with Gasteiger partial charge in [-0.15, -0.1) is 0 Å². The average Bonchev–Trinajstić information content (AvgIpc) is 3.25. The summed E-state index contributed by atoms with van der Waals surface area (Å²) in [6.45, 7) is 1.63. The maximum absolute atomic E-state index is 12.9. The van der Waals surface area contributed by atoms with Crippen molar-refractivity contribution < 1.29 is 4.79 Å². The van der Waals surface area contributed by atoms with Crippen molar-refractivity contribution in [2.45, 2.75) is 31.8 Å². The summed E-state index contributed by atoms with van der Waals surface area (Å²) in [6.07, 6.45) is 8.52. The Kier molecular flexibility index (Phi) is 5.25. The van der Waals surface area contributed by atoms with Crippen LogP contribution in [0.2, 0.25) is 0 Å². The van der Waals surface area contributed by atoms with E-state index in [1.54, 1.807) is 17.1 Å². The predicted octanol–water partition coefficient (Wildman–Crippen LogP) is 3.26. The number of amides is 1. The van der Waals surface area contributed by atoms with Crippen molar-refractivity contribution in [3.63, 3.8) is 0 Å². The summed E-state index contributed by atoms with van der Waals surface area (Å²) in [6, 6.07) is 15.4. The highest BCUT2D eigenvalue weighted by Gasteiger charge is 2.28. The molecule has 1 atom stereocenters. The second kappa shape index (κ2) is 8.14. The van der Waals surface area contributed by atoms with Gasteiger partial charge >= 0.3 is 0 Å². The van der Waals surface area contributed by atoms with Crippen LogP contribution in [0, 0.1) is 0 Å². The molecular formula is C21H23N5O. The van der Waals surface area contributed by atoms with Gasteiger partial charge in [0.05, 0.1) is 17.4 Å². The van der Waals surface area contributed by atoms with Gasteiger partial charge in [-0.05, 0) is 61.9 Å². The van der Waals surface area contributed by atoms with Crippen molar-refractivity contribution in [2.75, 3.05) is 11.9 Å². The molecule has 0 saturated carbocycles. The number of piperidine rings is 1. The average molecular weight is 361 g/mol. The Morgan fingerprint density at radius 3 is 2.70 bits per heavy atom. The van der Waals surface area contributed by atoms with Gasteiger partial charge in [-0.25, -0.2) is 4.68 Å². The van der Waals surface area contributed by atoms with Gasteiger partial charge < -0.3 is 5.32 Å². The maximum atomic E-state index is 12.9. The van der Waals surface area contributed by atoms with Crippen molar-refractivity contribution in [2.24, 2.45) is 0 Å². The fourth-order valence-electron chi connectivity index (χ4n) is 3.52. The van der Waals surface area contributed by atoms with Gasteiger partial charge in [0.2, 0.25) is 5.91 Å². The minimum Gasteiger partial charge on any atom is -0.325 e. The Morgan fingerprint density at radius 1 is 1.07 bits per heavy atom. The van der Waals surface area contributed by atoms with Crippen molar-refractivity contribution in [3.05, 3.63) is 72.8 Å². The second-order valence-electron chi connectivity index (χ2n) is 6.79. The normalized spacial score (nSPS) is 17.6. The lowest BCUT2D eigenvalue weighted by Gasteiger charge is -2.34. The number of rotatable bonds is 5. The molecule has 0 spiro atoms. The zero-order chi connectivity index (χ0) is 18.5. The van der Waals surface area contributed by atoms with Crippen LogP contribution < -0.4 is 5.32 Å². The van der Waals surface area contributed by atoms with E-state index in [4.69, 9.17) is 0 Å². The summed E-state index contributed by atoms with van der Waals surface area (Å²) in [5.74, 6) is 0.0532. The number of hydrogen-bond donors (Lipinski definition) is 1. The van der Waals surface area contributed by atoms with E-state index < -0.39 is 0 Å². The van der Waals surface area contributed by atoms with Crippen LogP contribution in [-0.4, -0.2) is 38.2 Å². The number of aromatic nitrogens is 3. The second-order valence-corrected chi connectivity index (χ2v) is 6.79. The Balaban J connectivity index is 1.42. The lowest BCUT2D eigenvalue weighted by Crippen LogP contribution is -2.46. The highest BCUT2D eigenvalue weighted by molar-refractivity contribution is 5.94. The summed E-state index contributed by atoms with van der Waals surface area (Å²) in [5.41, 5.74) is 2.77. The van der Waals surface area contributed by atoms with E-state index in [9.17, 15) is 4.79 Å². The number of hydrogen-bond acceptors (Lipinski definition) is 4. The van der Waals surface area contributed by atoms with Gasteiger partial charge in [-0.1, -0.05) is 12.5 Å². The van der Waals surface area contributed by atoms with Crippen molar-refractivity contribution in [1.29, 1.82) is 0 Å². The highest BCUT2D eigenvalue weighted by atomic mass is 16.2. The molecule has 1 aliphatic rings.